The molecule has 2 rings (SSSR count). The van der Waals surface area contributed by atoms with Crippen LogP contribution >= 0.6 is 24.8 Å². The molecule has 134 valence electrons. The van der Waals surface area contributed by atoms with Crippen molar-refractivity contribution in [3.63, 3.8) is 0 Å². The lowest BCUT2D eigenvalue weighted by Crippen LogP contribution is -2.46. The van der Waals surface area contributed by atoms with Crippen molar-refractivity contribution < 1.29 is 12.8 Å². The highest BCUT2D eigenvalue weighted by Crippen LogP contribution is 2.21. The van der Waals surface area contributed by atoms with E-state index in [1.807, 2.05) is 0 Å². The molecule has 0 saturated carbocycles. The molecule has 0 aromatic heterocycles. The molecule has 23 heavy (non-hydrogen) atoms. The Bertz CT molecular complexity index is 585. The van der Waals surface area contributed by atoms with E-state index in [-0.39, 0.29) is 29.7 Å². The predicted octanol–water partition coefficient (Wildman–Crippen LogP) is 1.47. The van der Waals surface area contributed by atoms with Crippen molar-refractivity contribution in [2.24, 2.45) is 0 Å². The van der Waals surface area contributed by atoms with E-state index in [0.29, 0.717) is 24.2 Å². The van der Waals surface area contributed by atoms with Gasteiger partial charge in [0.05, 0.1) is 4.90 Å². The van der Waals surface area contributed by atoms with Crippen LogP contribution < -0.4 is 10.0 Å². The highest BCUT2D eigenvalue weighted by atomic mass is 35.5. The average molecular weight is 388 g/mol. The summed E-state index contributed by atoms with van der Waals surface area (Å²) in [6.45, 7) is 7.99. The molecule has 1 aliphatic rings. The standard InChI is InChI=1S/C14H22FN3O2S.2ClH/c1-11-9-13(15)10-12(2)14(11)21(19,20)17-5-8-18-6-3-16-4-7-18;;/h9-10,16-17H,3-8H2,1-2H3;2*1H. The zero-order chi connectivity index (χ0) is 15.5. The van der Waals surface area contributed by atoms with Crippen LogP contribution in [0.2, 0.25) is 0 Å². The average Bonchev–Trinajstić information content (AvgIpc) is 2.38. The molecule has 0 unspecified atom stereocenters. The minimum absolute atomic E-state index is 0. The summed E-state index contributed by atoms with van der Waals surface area (Å²) in [6, 6.07) is 2.50. The third kappa shape index (κ3) is 6.17. The van der Waals surface area contributed by atoms with Crippen molar-refractivity contribution in [3.05, 3.63) is 29.1 Å². The molecule has 0 spiro atoms. The monoisotopic (exact) mass is 387 g/mol. The van der Waals surface area contributed by atoms with Gasteiger partial charge in [-0.05, 0) is 37.1 Å². The summed E-state index contributed by atoms with van der Waals surface area (Å²) >= 11 is 0. The van der Waals surface area contributed by atoms with E-state index >= 15 is 0 Å². The lowest BCUT2D eigenvalue weighted by molar-refractivity contribution is 0.245. The first-order valence-corrected chi connectivity index (χ1v) is 8.58. The van der Waals surface area contributed by atoms with Gasteiger partial charge < -0.3 is 5.32 Å². The summed E-state index contributed by atoms with van der Waals surface area (Å²) in [4.78, 5) is 2.40. The molecule has 0 aliphatic carbocycles. The number of hydrogen-bond acceptors (Lipinski definition) is 4. The van der Waals surface area contributed by atoms with E-state index in [9.17, 15) is 12.8 Å². The van der Waals surface area contributed by atoms with E-state index in [4.69, 9.17) is 0 Å². The van der Waals surface area contributed by atoms with Crippen molar-refractivity contribution in [2.45, 2.75) is 18.7 Å². The second-order valence-corrected chi connectivity index (χ2v) is 7.06. The largest absolute Gasteiger partial charge is 0.314 e. The van der Waals surface area contributed by atoms with Crippen molar-refractivity contribution in [1.29, 1.82) is 0 Å². The molecule has 1 heterocycles. The molecule has 1 aromatic rings. The van der Waals surface area contributed by atoms with Gasteiger partial charge in [0.15, 0.2) is 0 Å². The number of piperazine rings is 1. The number of rotatable bonds is 5. The summed E-state index contributed by atoms with van der Waals surface area (Å²) < 4.78 is 40.6. The zero-order valence-electron chi connectivity index (χ0n) is 13.3. The van der Waals surface area contributed by atoms with Crippen molar-refractivity contribution in [3.8, 4) is 0 Å². The summed E-state index contributed by atoms with van der Waals surface area (Å²) in [5.74, 6) is -0.412. The third-order valence-corrected chi connectivity index (χ3v) is 5.39. The van der Waals surface area contributed by atoms with Crippen LogP contribution in [0, 0.1) is 19.7 Å². The predicted molar refractivity (Wildman–Crippen MR) is 94.9 cm³/mol. The summed E-state index contributed by atoms with van der Waals surface area (Å²) in [7, 11) is -3.60. The Morgan fingerprint density at radius 3 is 2.22 bits per heavy atom. The van der Waals surface area contributed by atoms with Crippen LogP contribution in [-0.4, -0.2) is 52.6 Å². The maximum atomic E-state index is 13.3. The van der Waals surface area contributed by atoms with E-state index in [2.05, 4.69) is 14.9 Å². The summed E-state index contributed by atoms with van der Waals surface area (Å²) in [5, 5.41) is 3.25. The lowest BCUT2D eigenvalue weighted by atomic mass is 10.1. The van der Waals surface area contributed by atoms with Gasteiger partial charge in [-0.25, -0.2) is 17.5 Å². The zero-order valence-corrected chi connectivity index (χ0v) is 15.7. The quantitative estimate of drug-likeness (QED) is 0.802. The van der Waals surface area contributed by atoms with Crippen LogP contribution in [0.5, 0.6) is 0 Å². The smallest absolute Gasteiger partial charge is 0.241 e. The summed E-state index contributed by atoms with van der Waals surface area (Å²) in [5.41, 5.74) is 0.865. The molecule has 0 bridgehead atoms. The van der Waals surface area contributed by atoms with Gasteiger partial charge in [0, 0.05) is 39.3 Å². The van der Waals surface area contributed by atoms with Gasteiger partial charge >= 0.3 is 0 Å². The Hall–Kier alpha value is -0.440. The van der Waals surface area contributed by atoms with E-state index in [0.717, 1.165) is 26.2 Å². The van der Waals surface area contributed by atoms with Crippen LogP contribution in [0.4, 0.5) is 4.39 Å². The lowest BCUT2D eigenvalue weighted by Gasteiger charge is -2.27. The Morgan fingerprint density at radius 2 is 1.70 bits per heavy atom. The van der Waals surface area contributed by atoms with Gasteiger partial charge in [0.1, 0.15) is 5.82 Å². The number of benzene rings is 1. The molecule has 0 amide bonds. The molecule has 1 aromatic carbocycles. The number of hydrogen-bond donors (Lipinski definition) is 2. The van der Waals surface area contributed by atoms with Crippen LogP contribution in [0.25, 0.3) is 0 Å². The first-order chi connectivity index (χ1) is 9.90. The van der Waals surface area contributed by atoms with Crippen LogP contribution in [0.1, 0.15) is 11.1 Å². The first-order valence-electron chi connectivity index (χ1n) is 7.09. The Morgan fingerprint density at radius 1 is 1.17 bits per heavy atom. The Kier molecular flexibility index (Phi) is 9.57. The Labute approximate surface area is 149 Å². The Balaban J connectivity index is 0.00000242. The molecule has 9 heteroatoms. The second kappa shape index (κ2) is 9.76. The fourth-order valence-electron chi connectivity index (χ4n) is 2.67. The number of nitrogens with one attached hydrogen (secondary N) is 2. The van der Waals surface area contributed by atoms with Crippen molar-refractivity contribution >= 4 is 34.8 Å². The van der Waals surface area contributed by atoms with Crippen LogP contribution in [-0.2, 0) is 10.0 Å². The fourth-order valence-corrected chi connectivity index (χ4v) is 4.14. The topological polar surface area (TPSA) is 61.4 Å². The van der Waals surface area contributed by atoms with Crippen molar-refractivity contribution in [2.75, 3.05) is 39.3 Å². The van der Waals surface area contributed by atoms with Gasteiger partial charge in [-0.2, -0.15) is 0 Å². The van der Waals surface area contributed by atoms with E-state index in [1.165, 1.54) is 12.1 Å². The molecular formula is C14H24Cl2FN3O2S. The van der Waals surface area contributed by atoms with Gasteiger partial charge in [0.25, 0.3) is 0 Å². The normalized spacial score (nSPS) is 15.6. The fraction of sp³-hybridized carbons (Fsp3) is 0.571. The molecular weight excluding hydrogens is 364 g/mol. The van der Waals surface area contributed by atoms with Crippen molar-refractivity contribution in [1.82, 2.24) is 14.9 Å². The van der Waals surface area contributed by atoms with Gasteiger partial charge in [-0.15, -0.1) is 24.8 Å². The highest BCUT2D eigenvalue weighted by Gasteiger charge is 2.20. The number of sulfonamides is 1. The second-order valence-electron chi connectivity index (χ2n) is 5.36. The number of aryl methyl sites for hydroxylation is 2. The van der Waals surface area contributed by atoms with Gasteiger partial charge in [-0.1, -0.05) is 0 Å². The number of nitrogens with zero attached hydrogens (tertiary/aromatic N) is 1. The van der Waals surface area contributed by atoms with E-state index < -0.39 is 15.8 Å². The molecule has 1 aliphatic heterocycles. The van der Waals surface area contributed by atoms with Crippen LogP contribution in [0.15, 0.2) is 17.0 Å². The molecule has 1 saturated heterocycles. The molecule has 5 nitrogen and oxygen atoms in total. The summed E-state index contributed by atoms with van der Waals surface area (Å²) in [6.07, 6.45) is 0. The number of halogens is 3. The minimum Gasteiger partial charge on any atom is -0.314 e. The van der Waals surface area contributed by atoms with Crippen LogP contribution in [0.3, 0.4) is 0 Å². The van der Waals surface area contributed by atoms with E-state index in [1.54, 1.807) is 13.8 Å². The molecule has 0 atom stereocenters. The molecule has 2 N–H and O–H groups in total. The van der Waals surface area contributed by atoms with Gasteiger partial charge in [0.2, 0.25) is 10.0 Å². The first kappa shape index (κ1) is 22.6. The highest BCUT2D eigenvalue weighted by molar-refractivity contribution is 7.89. The van der Waals surface area contributed by atoms with Gasteiger partial charge in [-0.3, -0.25) is 4.90 Å². The minimum atomic E-state index is -3.60. The molecule has 0 radical (unpaired) electrons. The maximum Gasteiger partial charge on any atom is 0.241 e. The maximum absolute atomic E-state index is 13.3. The SMILES string of the molecule is Cc1cc(F)cc(C)c1S(=O)(=O)NCCN1CCNCC1.Cl.Cl. The third-order valence-electron chi connectivity index (χ3n) is 3.62. The molecule has 1 fully saturated rings.